The molecule has 1 N–H and O–H groups in total. The van der Waals surface area contributed by atoms with Gasteiger partial charge in [0.1, 0.15) is 6.26 Å². The highest BCUT2D eigenvalue weighted by molar-refractivity contribution is 6.42. The van der Waals surface area contributed by atoms with Crippen LogP contribution in [-0.4, -0.2) is 27.9 Å². The Hall–Kier alpha value is -1.56. The van der Waals surface area contributed by atoms with E-state index in [4.69, 9.17) is 27.6 Å². The lowest BCUT2D eigenvalue weighted by atomic mass is 10.2. The third-order valence-corrected chi connectivity index (χ3v) is 4.38. The second kappa shape index (κ2) is 8.70. The molecule has 0 atom stereocenters. The molecule has 0 aliphatic carbocycles. The maximum absolute atomic E-state index is 12.0. The third kappa shape index (κ3) is 5.73. The molecule has 1 amide bonds. The largest absolute Gasteiger partial charge is 0.447 e. The Bertz CT molecular complexity index is 729. The molecule has 0 unspecified atom stereocenters. The van der Waals surface area contributed by atoms with Crippen molar-refractivity contribution >= 4 is 29.1 Å². The lowest BCUT2D eigenvalue weighted by Crippen LogP contribution is -2.31. The molecule has 5 nitrogen and oxygen atoms in total. The molecule has 0 aliphatic heterocycles. The maximum atomic E-state index is 12.0. The monoisotopic (exact) mass is 383 g/mol. The van der Waals surface area contributed by atoms with E-state index >= 15 is 0 Å². The van der Waals surface area contributed by atoms with Crippen LogP contribution in [0.2, 0.25) is 10.0 Å². The summed E-state index contributed by atoms with van der Waals surface area (Å²) in [6, 6.07) is 5.90. The summed E-state index contributed by atoms with van der Waals surface area (Å²) in [5.74, 6) is 0.272. The van der Waals surface area contributed by atoms with Gasteiger partial charge < -0.3 is 9.73 Å². The van der Waals surface area contributed by atoms with Crippen molar-refractivity contribution in [3.05, 3.63) is 51.7 Å². The highest BCUT2D eigenvalue weighted by Gasteiger charge is 2.17. The number of amides is 1. The summed E-state index contributed by atoms with van der Waals surface area (Å²) in [7, 11) is 0. The van der Waals surface area contributed by atoms with Gasteiger partial charge in [0.25, 0.3) is 5.91 Å². The number of nitrogens with zero attached hydrogens (tertiary/aromatic N) is 2. The van der Waals surface area contributed by atoms with Gasteiger partial charge in [-0.05, 0) is 45.4 Å². The van der Waals surface area contributed by atoms with Gasteiger partial charge >= 0.3 is 0 Å². The summed E-state index contributed by atoms with van der Waals surface area (Å²) in [6.07, 6.45) is 1.39. The Balaban J connectivity index is 2.07. The van der Waals surface area contributed by atoms with Crippen molar-refractivity contribution in [2.45, 2.75) is 52.9 Å². The van der Waals surface area contributed by atoms with Crippen molar-refractivity contribution in [3.8, 4) is 0 Å². The molecule has 0 aliphatic rings. The van der Waals surface area contributed by atoms with Gasteiger partial charge in [-0.1, -0.05) is 29.3 Å². The van der Waals surface area contributed by atoms with Crippen molar-refractivity contribution in [1.29, 1.82) is 0 Å². The molecule has 0 radical (unpaired) electrons. The van der Waals surface area contributed by atoms with Crippen LogP contribution in [0.15, 0.2) is 28.9 Å². The Morgan fingerprint density at radius 3 is 2.52 bits per heavy atom. The van der Waals surface area contributed by atoms with Gasteiger partial charge in [0, 0.05) is 18.6 Å². The second-order valence-corrected chi connectivity index (χ2v) is 7.32. The van der Waals surface area contributed by atoms with Crippen LogP contribution >= 0.6 is 23.2 Å². The number of halogens is 2. The van der Waals surface area contributed by atoms with Gasteiger partial charge in [-0.25, -0.2) is 4.98 Å². The fraction of sp³-hybridized carbons (Fsp3) is 0.444. The van der Waals surface area contributed by atoms with Crippen molar-refractivity contribution in [3.63, 3.8) is 0 Å². The number of benzene rings is 1. The van der Waals surface area contributed by atoms with Crippen molar-refractivity contribution in [2.75, 3.05) is 0 Å². The Morgan fingerprint density at radius 1 is 1.20 bits per heavy atom. The molecule has 0 spiro atoms. The molecule has 1 aromatic heterocycles. The molecule has 25 heavy (non-hydrogen) atoms. The molecule has 0 saturated heterocycles. The molecule has 0 fully saturated rings. The summed E-state index contributed by atoms with van der Waals surface area (Å²) >= 11 is 12.1. The summed E-state index contributed by atoms with van der Waals surface area (Å²) in [5, 5.41) is 3.87. The number of rotatable bonds is 7. The van der Waals surface area contributed by atoms with E-state index in [1.165, 1.54) is 6.26 Å². The molecular weight excluding hydrogens is 361 g/mol. The molecular formula is C18H23Cl2N3O2. The van der Waals surface area contributed by atoms with Crippen molar-refractivity contribution in [2.24, 2.45) is 0 Å². The van der Waals surface area contributed by atoms with E-state index < -0.39 is 0 Å². The fourth-order valence-corrected chi connectivity index (χ4v) is 2.61. The number of hydrogen-bond acceptors (Lipinski definition) is 4. The zero-order valence-electron chi connectivity index (χ0n) is 14.8. The fourth-order valence-electron chi connectivity index (χ4n) is 2.29. The number of oxazole rings is 1. The van der Waals surface area contributed by atoms with E-state index in [1.54, 1.807) is 6.07 Å². The van der Waals surface area contributed by atoms with Crippen LogP contribution in [0.5, 0.6) is 0 Å². The molecule has 1 heterocycles. The summed E-state index contributed by atoms with van der Waals surface area (Å²) < 4.78 is 5.47. The van der Waals surface area contributed by atoms with E-state index in [1.807, 2.05) is 26.0 Å². The minimum Gasteiger partial charge on any atom is -0.447 e. The summed E-state index contributed by atoms with van der Waals surface area (Å²) in [5.41, 5.74) is 1.34. The van der Waals surface area contributed by atoms with Gasteiger partial charge in [0.05, 0.1) is 16.6 Å². The van der Waals surface area contributed by atoms with Gasteiger partial charge in [-0.2, -0.15) is 0 Å². The normalized spacial score (nSPS) is 11.6. The lowest BCUT2D eigenvalue weighted by Gasteiger charge is -2.25. The first-order valence-corrected chi connectivity index (χ1v) is 8.95. The number of nitrogens with one attached hydrogen (secondary N) is 1. The van der Waals surface area contributed by atoms with Gasteiger partial charge in [0.2, 0.25) is 5.89 Å². The molecule has 2 aromatic rings. The number of aromatic nitrogens is 1. The predicted molar refractivity (Wildman–Crippen MR) is 100.0 cm³/mol. The van der Waals surface area contributed by atoms with Crippen molar-refractivity contribution < 1.29 is 9.21 Å². The molecule has 0 saturated carbocycles. The smallest absolute Gasteiger partial charge is 0.273 e. The first kappa shape index (κ1) is 19.8. The molecule has 136 valence electrons. The lowest BCUT2D eigenvalue weighted by molar-refractivity contribution is 0.0938. The summed E-state index contributed by atoms with van der Waals surface area (Å²) in [4.78, 5) is 18.4. The Kier molecular flexibility index (Phi) is 6.87. The predicted octanol–water partition coefficient (Wildman–Crippen LogP) is 4.53. The quantitative estimate of drug-likeness (QED) is 0.762. The SMILES string of the molecule is CC(C)NC(=O)c1coc(CN(Cc2ccc(Cl)c(Cl)c2)C(C)C)n1. The third-order valence-electron chi connectivity index (χ3n) is 3.64. The van der Waals surface area contributed by atoms with E-state index in [0.29, 0.717) is 34.7 Å². The first-order chi connectivity index (χ1) is 11.8. The highest BCUT2D eigenvalue weighted by atomic mass is 35.5. The van der Waals surface area contributed by atoms with Gasteiger partial charge in [0.15, 0.2) is 5.69 Å². The van der Waals surface area contributed by atoms with E-state index in [2.05, 4.69) is 29.0 Å². The van der Waals surface area contributed by atoms with Gasteiger partial charge in [-0.15, -0.1) is 0 Å². The van der Waals surface area contributed by atoms with Crippen LogP contribution in [0.1, 0.15) is 49.6 Å². The number of hydrogen-bond donors (Lipinski definition) is 1. The van der Waals surface area contributed by atoms with E-state index in [-0.39, 0.29) is 18.0 Å². The van der Waals surface area contributed by atoms with E-state index in [0.717, 1.165) is 5.56 Å². The topological polar surface area (TPSA) is 58.4 Å². The minimum atomic E-state index is -0.231. The van der Waals surface area contributed by atoms with Crippen LogP contribution in [0.25, 0.3) is 0 Å². The highest BCUT2D eigenvalue weighted by Crippen LogP contribution is 2.24. The number of carbonyl (C=O) groups is 1. The molecule has 0 bridgehead atoms. The maximum Gasteiger partial charge on any atom is 0.273 e. The summed E-state index contributed by atoms with van der Waals surface area (Å²) in [6.45, 7) is 9.14. The van der Waals surface area contributed by atoms with Crippen LogP contribution in [0, 0.1) is 0 Å². The minimum absolute atomic E-state index is 0.0504. The average Bonchev–Trinajstić information content (AvgIpc) is 2.98. The average molecular weight is 384 g/mol. The Morgan fingerprint density at radius 2 is 1.92 bits per heavy atom. The van der Waals surface area contributed by atoms with Crippen molar-refractivity contribution in [1.82, 2.24) is 15.2 Å². The van der Waals surface area contributed by atoms with E-state index in [9.17, 15) is 4.79 Å². The first-order valence-electron chi connectivity index (χ1n) is 8.19. The van der Waals surface area contributed by atoms with Crippen LogP contribution in [0.4, 0.5) is 0 Å². The van der Waals surface area contributed by atoms with Crippen LogP contribution in [0.3, 0.4) is 0 Å². The van der Waals surface area contributed by atoms with Gasteiger partial charge in [-0.3, -0.25) is 9.69 Å². The molecule has 2 rings (SSSR count). The standard InChI is InChI=1S/C18H23Cl2N3O2/c1-11(2)21-18(24)16-10-25-17(22-16)9-23(12(3)4)8-13-5-6-14(19)15(20)7-13/h5-7,10-12H,8-9H2,1-4H3,(H,21,24). The molecule has 7 heteroatoms. The number of carbonyl (C=O) groups excluding carboxylic acids is 1. The zero-order valence-corrected chi connectivity index (χ0v) is 16.4. The Labute approximate surface area is 158 Å². The second-order valence-electron chi connectivity index (χ2n) is 6.50. The molecule has 1 aromatic carbocycles. The van der Waals surface area contributed by atoms with Crippen LogP contribution in [-0.2, 0) is 13.1 Å². The zero-order chi connectivity index (χ0) is 18.6. The van der Waals surface area contributed by atoms with Crippen LogP contribution < -0.4 is 5.32 Å².